The maximum atomic E-state index is 11.9. The van der Waals surface area contributed by atoms with Crippen molar-refractivity contribution in [2.45, 2.75) is 19.3 Å². The Bertz CT molecular complexity index is 702. The van der Waals surface area contributed by atoms with Crippen molar-refractivity contribution >= 4 is 33.4 Å². The molecular weight excluding hydrogens is 372 g/mol. The zero-order chi connectivity index (χ0) is 17.4. The van der Waals surface area contributed by atoms with Crippen molar-refractivity contribution in [3.63, 3.8) is 0 Å². The summed E-state index contributed by atoms with van der Waals surface area (Å²) < 4.78 is 6.54. The number of primary amides is 1. The molecule has 0 bridgehead atoms. The van der Waals surface area contributed by atoms with Crippen LogP contribution < -0.4 is 15.8 Å². The lowest BCUT2D eigenvalue weighted by molar-refractivity contribution is -0.117. The highest BCUT2D eigenvalue weighted by molar-refractivity contribution is 9.10. The van der Waals surface area contributed by atoms with Crippen molar-refractivity contribution < 1.29 is 14.3 Å². The van der Waals surface area contributed by atoms with E-state index in [0.717, 1.165) is 15.8 Å². The predicted octanol–water partition coefficient (Wildman–Crippen LogP) is 3.27. The van der Waals surface area contributed by atoms with Crippen LogP contribution in [-0.4, -0.2) is 18.4 Å². The molecule has 3 N–H and O–H groups in total. The zero-order valence-electron chi connectivity index (χ0n) is 13.1. The van der Waals surface area contributed by atoms with Crippen LogP contribution in [-0.2, 0) is 16.0 Å². The van der Waals surface area contributed by atoms with E-state index in [1.54, 1.807) is 24.3 Å². The Morgan fingerprint density at radius 1 is 1.12 bits per heavy atom. The number of ether oxygens (including phenoxy) is 1. The Hall–Kier alpha value is -2.34. The van der Waals surface area contributed by atoms with Gasteiger partial charge < -0.3 is 15.8 Å². The lowest BCUT2D eigenvalue weighted by Gasteiger charge is -2.08. The van der Waals surface area contributed by atoms with E-state index in [-0.39, 0.29) is 18.2 Å². The Morgan fingerprint density at radius 3 is 2.54 bits per heavy atom. The van der Waals surface area contributed by atoms with E-state index in [9.17, 15) is 9.59 Å². The van der Waals surface area contributed by atoms with Gasteiger partial charge in [0.2, 0.25) is 11.8 Å². The first-order valence-electron chi connectivity index (χ1n) is 7.58. The van der Waals surface area contributed by atoms with Crippen LogP contribution >= 0.6 is 15.9 Å². The number of anilines is 1. The largest absolute Gasteiger partial charge is 0.494 e. The third kappa shape index (κ3) is 6.42. The van der Waals surface area contributed by atoms with Gasteiger partial charge in [0.05, 0.1) is 13.0 Å². The second-order valence-electron chi connectivity index (χ2n) is 5.30. The molecule has 0 unspecified atom stereocenters. The molecule has 5 nitrogen and oxygen atoms in total. The van der Waals surface area contributed by atoms with E-state index >= 15 is 0 Å². The van der Waals surface area contributed by atoms with Gasteiger partial charge in [-0.3, -0.25) is 9.59 Å². The van der Waals surface area contributed by atoms with E-state index in [2.05, 4.69) is 21.2 Å². The number of amides is 2. The number of carbonyl (C=O) groups is 2. The normalized spacial score (nSPS) is 10.2. The molecule has 0 saturated carbocycles. The van der Waals surface area contributed by atoms with Crippen LogP contribution in [0.3, 0.4) is 0 Å². The molecule has 0 spiro atoms. The second kappa shape index (κ2) is 9.08. The fraction of sp³-hybridized carbons (Fsp3) is 0.222. The van der Waals surface area contributed by atoms with Gasteiger partial charge in [-0.15, -0.1) is 0 Å². The van der Waals surface area contributed by atoms with Crippen LogP contribution in [0.4, 0.5) is 5.69 Å². The Morgan fingerprint density at radius 2 is 1.88 bits per heavy atom. The van der Waals surface area contributed by atoms with Gasteiger partial charge in [0.25, 0.3) is 0 Å². The highest BCUT2D eigenvalue weighted by Gasteiger charge is 2.04. The first-order chi connectivity index (χ1) is 11.5. The van der Waals surface area contributed by atoms with Gasteiger partial charge in [0.15, 0.2) is 0 Å². The minimum Gasteiger partial charge on any atom is -0.494 e. The van der Waals surface area contributed by atoms with Crippen molar-refractivity contribution in [3.8, 4) is 5.75 Å². The molecule has 0 aromatic heterocycles. The summed E-state index contributed by atoms with van der Waals surface area (Å²) in [5.41, 5.74) is 6.66. The summed E-state index contributed by atoms with van der Waals surface area (Å²) >= 11 is 3.38. The van der Waals surface area contributed by atoms with Crippen LogP contribution in [0, 0.1) is 0 Å². The number of benzene rings is 2. The van der Waals surface area contributed by atoms with Crippen molar-refractivity contribution in [1.29, 1.82) is 0 Å². The molecule has 2 rings (SSSR count). The summed E-state index contributed by atoms with van der Waals surface area (Å²) in [5, 5.41) is 2.81. The summed E-state index contributed by atoms with van der Waals surface area (Å²) in [6, 6.07) is 14.6. The molecule has 0 aliphatic rings. The molecule has 0 saturated heterocycles. The predicted molar refractivity (Wildman–Crippen MR) is 96.8 cm³/mol. The van der Waals surface area contributed by atoms with Gasteiger partial charge >= 0.3 is 0 Å². The lowest BCUT2D eigenvalue weighted by atomic mass is 10.1. The number of rotatable bonds is 8. The smallest absolute Gasteiger partial charge is 0.224 e. The fourth-order valence-corrected chi connectivity index (χ4v) is 2.49. The molecule has 0 aliphatic carbocycles. The molecular formula is C18H19BrN2O3. The van der Waals surface area contributed by atoms with E-state index < -0.39 is 0 Å². The minimum atomic E-state index is -0.378. The number of halogens is 1. The third-order valence-corrected chi connectivity index (χ3v) is 3.72. The second-order valence-corrected chi connectivity index (χ2v) is 6.21. The Labute approximate surface area is 149 Å². The molecule has 126 valence electrons. The molecule has 6 heteroatoms. The van der Waals surface area contributed by atoms with Crippen molar-refractivity contribution in [2.24, 2.45) is 5.73 Å². The lowest BCUT2D eigenvalue weighted by Crippen LogP contribution is -2.14. The standard InChI is InChI=1S/C18H19BrN2O3/c19-14-3-1-4-16(12-14)24-10-2-5-18(23)21-15-8-6-13(7-9-15)11-17(20)22/h1,3-4,6-9,12H,2,5,10-11H2,(H2,20,22)(H,21,23). The fourth-order valence-electron chi connectivity index (χ4n) is 2.11. The van der Waals surface area contributed by atoms with Gasteiger partial charge in [0.1, 0.15) is 5.75 Å². The van der Waals surface area contributed by atoms with Crippen LogP contribution in [0.5, 0.6) is 5.75 Å². The molecule has 0 aliphatic heterocycles. The molecule has 24 heavy (non-hydrogen) atoms. The van der Waals surface area contributed by atoms with Crippen molar-refractivity contribution in [1.82, 2.24) is 0 Å². The van der Waals surface area contributed by atoms with E-state index in [4.69, 9.17) is 10.5 Å². The van der Waals surface area contributed by atoms with Gasteiger partial charge in [-0.05, 0) is 42.3 Å². The average Bonchev–Trinajstić information content (AvgIpc) is 2.53. The third-order valence-electron chi connectivity index (χ3n) is 3.23. The monoisotopic (exact) mass is 390 g/mol. The number of nitrogens with one attached hydrogen (secondary N) is 1. The van der Waals surface area contributed by atoms with Crippen LogP contribution in [0.15, 0.2) is 53.0 Å². The van der Waals surface area contributed by atoms with Crippen LogP contribution in [0.1, 0.15) is 18.4 Å². The maximum absolute atomic E-state index is 11.9. The molecule has 0 fully saturated rings. The average molecular weight is 391 g/mol. The van der Waals surface area contributed by atoms with Gasteiger partial charge in [-0.1, -0.05) is 34.1 Å². The van der Waals surface area contributed by atoms with E-state index in [1.807, 2.05) is 24.3 Å². The first-order valence-corrected chi connectivity index (χ1v) is 8.38. The summed E-state index contributed by atoms with van der Waals surface area (Å²) in [4.78, 5) is 22.7. The number of hydrogen-bond donors (Lipinski definition) is 2. The first kappa shape index (κ1) is 18.0. The summed E-state index contributed by atoms with van der Waals surface area (Å²) in [5.74, 6) is 0.322. The van der Waals surface area contributed by atoms with Crippen LogP contribution in [0.2, 0.25) is 0 Å². The molecule has 2 aromatic carbocycles. The topological polar surface area (TPSA) is 81.4 Å². The molecule has 2 amide bonds. The Balaban J connectivity index is 1.70. The van der Waals surface area contributed by atoms with Crippen molar-refractivity contribution in [3.05, 3.63) is 58.6 Å². The maximum Gasteiger partial charge on any atom is 0.224 e. The summed E-state index contributed by atoms with van der Waals surface area (Å²) in [7, 11) is 0. The molecule has 2 aromatic rings. The highest BCUT2D eigenvalue weighted by Crippen LogP contribution is 2.18. The molecule has 0 radical (unpaired) electrons. The Kier molecular flexibility index (Phi) is 6.81. The van der Waals surface area contributed by atoms with Gasteiger partial charge in [0, 0.05) is 16.6 Å². The number of carbonyl (C=O) groups excluding carboxylic acids is 2. The summed E-state index contributed by atoms with van der Waals surface area (Å²) in [6.07, 6.45) is 1.19. The SMILES string of the molecule is NC(=O)Cc1ccc(NC(=O)CCCOc2cccc(Br)c2)cc1. The molecule has 0 atom stereocenters. The van der Waals surface area contributed by atoms with Crippen molar-refractivity contribution in [2.75, 3.05) is 11.9 Å². The quantitative estimate of drug-likeness (QED) is 0.678. The van der Waals surface area contributed by atoms with Gasteiger partial charge in [-0.25, -0.2) is 0 Å². The molecule has 0 heterocycles. The number of hydrogen-bond acceptors (Lipinski definition) is 3. The number of nitrogens with two attached hydrogens (primary N) is 1. The minimum absolute atomic E-state index is 0.0736. The van der Waals surface area contributed by atoms with Crippen LogP contribution in [0.25, 0.3) is 0 Å². The van der Waals surface area contributed by atoms with Gasteiger partial charge in [-0.2, -0.15) is 0 Å². The summed E-state index contributed by atoms with van der Waals surface area (Å²) in [6.45, 7) is 0.474. The highest BCUT2D eigenvalue weighted by atomic mass is 79.9. The van der Waals surface area contributed by atoms with E-state index in [0.29, 0.717) is 25.1 Å². The van der Waals surface area contributed by atoms with E-state index in [1.165, 1.54) is 0 Å². The zero-order valence-corrected chi connectivity index (χ0v) is 14.7.